The van der Waals surface area contributed by atoms with Crippen molar-refractivity contribution in [3.05, 3.63) is 23.0 Å². The number of H-pyrrole nitrogens is 1. The zero-order valence-corrected chi connectivity index (χ0v) is 12.2. The first-order valence-corrected chi connectivity index (χ1v) is 7.08. The summed E-state index contributed by atoms with van der Waals surface area (Å²) in [6.07, 6.45) is 4.31. The Balaban J connectivity index is 1.88. The second-order valence-corrected chi connectivity index (χ2v) is 6.42. The summed E-state index contributed by atoms with van der Waals surface area (Å²) in [5.41, 5.74) is -0.0740. The molecule has 1 aromatic heterocycles. The molecule has 0 bridgehead atoms. The summed E-state index contributed by atoms with van der Waals surface area (Å²) < 4.78 is 0. The van der Waals surface area contributed by atoms with Gasteiger partial charge in [0.2, 0.25) is 0 Å². The molecule has 2 heterocycles. The van der Waals surface area contributed by atoms with Crippen molar-refractivity contribution < 1.29 is 9.90 Å². The molecule has 1 fully saturated rings. The molecule has 0 spiro atoms. The number of halogens is 1. The van der Waals surface area contributed by atoms with Crippen LogP contribution in [0.1, 0.15) is 43.6 Å². The van der Waals surface area contributed by atoms with Gasteiger partial charge in [0.15, 0.2) is 0 Å². The Morgan fingerprint density at radius 3 is 2.63 bits per heavy atom. The Morgan fingerprint density at radius 2 is 2.16 bits per heavy atom. The van der Waals surface area contributed by atoms with Crippen molar-refractivity contribution in [1.82, 2.24) is 9.88 Å². The number of aromatic amines is 1. The molecule has 1 aliphatic heterocycles. The van der Waals surface area contributed by atoms with E-state index in [1.165, 1.54) is 0 Å². The van der Waals surface area contributed by atoms with Crippen LogP contribution in [0.25, 0.3) is 0 Å². The zero-order valence-electron chi connectivity index (χ0n) is 11.4. The molecule has 1 aliphatic rings. The number of carbonyl (C=O) groups is 1. The SMILES string of the molecule is CC(C)(O)CC1CCN(C(=O)c2cc(Cl)c[nH]2)CC1. The first-order chi connectivity index (χ1) is 8.85. The summed E-state index contributed by atoms with van der Waals surface area (Å²) in [7, 11) is 0. The predicted octanol–water partition coefficient (Wildman–Crippen LogP) is 2.68. The van der Waals surface area contributed by atoms with Crippen molar-refractivity contribution >= 4 is 17.5 Å². The Kier molecular flexibility index (Phi) is 4.21. The summed E-state index contributed by atoms with van der Waals surface area (Å²) in [5, 5.41) is 10.4. The lowest BCUT2D eigenvalue weighted by Gasteiger charge is -2.34. The maximum Gasteiger partial charge on any atom is 0.270 e. The fourth-order valence-electron chi connectivity index (χ4n) is 2.71. The third-order valence-corrected chi connectivity index (χ3v) is 3.79. The van der Waals surface area contributed by atoms with Gasteiger partial charge in [0, 0.05) is 19.3 Å². The minimum absolute atomic E-state index is 0.00797. The van der Waals surface area contributed by atoms with E-state index in [4.69, 9.17) is 11.6 Å². The summed E-state index contributed by atoms with van der Waals surface area (Å²) in [6.45, 7) is 5.17. The van der Waals surface area contributed by atoms with Crippen molar-refractivity contribution in [2.75, 3.05) is 13.1 Å². The molecular formula is C14H21ClN2O2. The third kappa shape index (κ3) is 3.98. The molecule has 106 valence electrons. The number of nitrogens with zero attached hydrogens (tertiary/aromatic N) is 1. The number of aromatic nitrogens is 1. The van der Waals surface area contributed by atoms with Crippen LogP contribution in [0.5, 0.6) is 0 Å². The van der Waals surface area contributed by atoms with Gasteiger partial charge in [-0.05, 0) is 45.1 Å². The molecule has 4 nitrogen and oxygen atoms in total. The molecule has 0 radical (unpaired) electrons. The number of carbonyl (C=O) groups excluding carboxylic acids is 1. The lowest BCUT2D eigenvalue weighted by atomic mass is 9.86. The summed E-state index contributed by atoms with van der Waals surface area (Å²) in [4.78, 5) is 16.9. The Hall–Kier alpha value is -1.00. The van der Waals surface area contributed by atoms with Gasteiger partial charge in [0.1, 0.15) is 5.69 Å². The van der Waals surface area contributed by atoms with E-state index in [0.29, 0.717) is 16.6 Å². The smallest absolute Gasteiger partial charge is 0.270 e. The van der Waals surface area contributed by atoms with E-state index in [1.54, 1.807) is 12.3 Å². The second-order valence-electron chi connectivity index (χ2n) is 5.98. The normalized spacial score (nSPS) is 17.8. The van der Waals surface area contributed by atoms with Crippen molar-refractivity contribution in [1.29, 1.82) is 0 Å². The van der Waals surface area contributed by atoms with Gasteiger partial charge in [-0.1, -0.05) is 11.6 Å². The standard InChI is InChI=1S/C14H21ClN2O2/c1-14(2,19)8-10-3-5-17(6-4-10)13(18)12-7-11(15)9-16-12/h7,9-10,16,19H,3-6,8H2,1-2H3. The zero-order chi connectivity index (χ0) is 14.0. The molecular weight excluding hydrogens is 264 g/mol. The van der Waals surface area contributed by atoms with E-state index in [1.807, 2.05) is 18.7 Å². The minimum Gasteiger partial charge on any atom is -0.390 e. The topological polar surface area (TPSA) is 56.3 Å². The largest absolute Gasteiger partial charge is 0.390 e. The highest BCUT2D eigenvalue weighted by atomic mass is 35.5. The van der Waals surface area contributed by atoms with Crippen LogP contribution in [0, 0.1) is 5.92 Å². The molecule has 2 N–H and O–H groups in total. The van der Waals surface area contributed by atoms with Crippen LogP contribution >= 0.6 is 11.6 Å². The van der Waals surface area contributed by atoms with E-state index in [9.17, 15) is 9.90 Å². The molecule has 1 aromatic rings. The average molecular weight is 285 g/mol. The van der Waals surface area contributed by atoms with Crippen LogP contribution in [0.4, 0.5) is 0 Å². The number of hydrogen-bond acceptors (Lipinski definition) is 2. The molecule has 19 heavy (non-hydrogen) atoms. The van der Waals surface area contributed by atoms with Gasteiger partial charge in [0.25, 0.3) is 5.91 Å². The summed E-state index contributed by atoms with van der Waals surface area (Å²) in [6, 6.07) is 1.66. The quantitative estimate of drug-likeness (QED) is 0.897. The third-order valence-electron chi connectivity index (χ3n) is 3.57. The van der Waals surface area contributed by atoms with E-state index in [-0.39, 0.29) is 5.91 Å². The van der Waals surface area contributed by atoms with Crippen molar-refractivity contribution in [2.45, 2.75) is 38.7 Å². The van der Waals surface area contributed by atoms with E-state index >= 15 is 0 Å². The first kappa shape index (κ1) is 14.4. The second kappa shape index (κ2) is 5.55. The van der Waals surface area contributed by atoms with Crippen LogP contribution in [0.3, 0.4) is 0 Å². The molecule has 0 unspecified atom stereocenters. The first-order valence-electron chi connectivity index (χ1n) is 6.71. The lowest BCUT2D eigenvalue weighted by molar-refractivity contribution is 0.0357. The Bertz CT molecular complexity index is 443. The van der Waals surface area contributed by atoms with Crippen LogP contribution < -0.4 is 0 Å². The number of aliphatic hydroxyl groups is 1. The molecule has 0 atom stereocenters. The Labute approximate surface area is 118 Å². The highest BCUT2D eigenvalue weighted by Crippen LogP contribution is 2.26. The fourth-order valence-corrected chi connectivity index (χ4v) is 2.87. The molecule has 2 rings (SSSR count). The van der Waals surface area contributed by atoms with Gasteiger partial charge in [0.05, 0.1) is 10.6 Å². The van der Waals surface area contributed by atoms with Crippen LogP contribution in [-0.2, 0) is 0 Å². The van der Waals surface area contributed by atoms with Crippen molar-refractivity contribution in [3.8, 4) is 0 Å². The monoisotopic (exact) mass is 284 g/mol. The van der Waals surface area contributed by atoms with Gasteiger partial charge in [-0.2, -0.15) is 0 Å². The van der Waals surface area contributed by atoms with Gasteiger partial charge < -0.3 is 15.0 Å². The Morgan fingerprint density at radius 1 is 1.53 bits per heavy atom. The lowest BCUT2D eigenvalue weighted by Crippen LogP contribution is -2.40. The van der Waals surface area contributed by atoms with Gasteiger partial charge in [-0.3, -0.25) is 4.79 Å². The summed E-state index contributed by atoms with van der Waals surface area (Å²) in [5.74, 6) is 0.505. The maximum atomic E-state index is 12.2. The number of rotatable bonds is 3. The minimum atomic E-state index is -0.621. The predicted molar refractivity (Wildman–Crippen MR) is 75.3 cm³/mol. The molecule has 0 saturated carbocycles. The molecule has 1 saturated heterocycles. The fraction of sp³-hybridized carbons (Fsp3) is 0.643. The molecule has 1 amide bonds. The van der Waals surface area contributed by atoms with Gasteiger partial charge >= 0.3 is 0 Å². The van der Waals surface area contributed by atoms with Crippen LogP contribution in [0.15, 0.2) is 12.3 Å². The summed E-state index contributed by atoms with van der Waals surface area (Å²) >= 11 is 5.81. The highest BCUT2D eigenvalue weighted by Gasteiger charge is 2.27. The van der Waals surface area contributed by atoms with Gasteiger partial charge in [-0.15, -0.1) is 0 Å². The number of hydrogen-bond donors (Lipinski definition) is 2. The van der Waals surface area contributed by atoms with Crippen molar-refractivity contribution in [3.63, 3.8) is 0 Å². The van der Waals surface area contributed by atoms with E-state index in [2.05, 4.69) is 4.98 Å². The number of amides is 1. The molecule has 0 aromatic carbocycles. The highest BCUT2D eigenvalue weighted by molar-refractivity contribution is 6.30. The van der Waals surface area contributed by atoms with Crippen LogP contribution in [-0.4, -0.2) is 39.6 Å². The number of piperidine rings is 1. The van der Waals surface area contributed by atoms with Crippen molar-refractivity contribution in [2.24, 2.45) is 5.92 Å². The molecule has 0 aliphatic carbocycles. The van der Waals surface area contributed by atoms with Gasteiger partial charge in [-0.25, -0.2) is 0 Å². The van der Waals surface area contributed by atoms with E-state index < -0.39 is 5.60 Å². The van der Waals surface area contributed by atoms with Crippen LogP contribution in [0.2, 0.25) is 5.02 Å². The number of likely N-dealkylation sites (tertiary alicyclic amines) is 1. The van der Waals surface area contributed by atoms with E-state index in [0.717, 1.165) is 32.4 Å². The molecule has 5 heteroatoms. The number of nitrogens with one attached hydrogen (secondary N) is 1. The average Bonchev–Trinajstić information content (AvgIpc) is 2.74. The maximum absolute atomic E-state index is 12.2.